The number of carbonyl (C=O) groups is 2. The normalized spacial score (nSPS) is 24.2. The van der Waals surface area contributed by atoms with Crippen molar-refractivity contribution >= 4 is 11.8 Å². The minimum atomic E-state index is -0.133. The van der Waals surface area contributed by atoms with E-state index >= 15 is 0 Å². The van der Waals surface area contributed by atoms with Crippen molar-refractivity contribution in [3.63, 3.8) is 0 Å². The monoisotopic (exact) mass is 373 g/mol. The molecule has 2 amide bonds. The van der Waals surface area contributed by atoms with Crippen LogP contribution in [-0.4, -0.2) is 60.6 Å². The fourth-order valence-corrected chi connectivity index (χ4v) is 3.81. The number of hydrogen-bond acceptors (Lipinski definition) is 5. The van der Waals surface area contributed by atoms with E-state index in [1.807, 2.05) is 30.9 Å². The highest BCUT2D eigenvalue weighted by Gasteiger charge is 2.49. The molecule has 0 spiro atoms. The van der Waals surface area contributed by atoms with Crippen LogP contribution in [-0.2, 0) is 16.1 Å². The van der Waals surface area contributed by atoms with E-state index in [9.17, 15) is 9.59 Å². The van der Waals surface area contributed by atoms with E-state index in [0.29, 0.717) is 6.42 Å². The third kappa shape index (κ3) is 4.03. The first kappa shape index (κ1) is 18.1. The third-order valence-electron chi connectivity index (χ3n) is 5.40. The molecule has 2 aliphatic heterocycles. The van der Waals surface area contributed by atoms with Crippen LogP contribution in [0.4, 0.5) is 0 Å². The van der Waals surface area contributed by atoms with Gasteiger partial charge in [0.05, 0.1) is 11.8 Å². The van der Waals surface area contributed by atoms with E-state index in [4.69, 9.17) is 9.47 Å². The van der Waals surface area contributed by atoms with Gasteiger partial charge < -0.3 is 19.7 Å². The zero-order valence-corrected chi connectivity index (χ0v) is 15.9. The molecule has 27 heavy (non-hydrogen) atoms. The number of carbonyl (C=O) groups excluding carboxylic acids is 2. The van der Waals surface area contributed by atoms with Crippen molar-refractivity contribution in [2.45, 2.75) is 32.9 Å². The first-order valence-corrected chi connectivity index (χ1v) is 9.71. The van der Waals surface area contributed by atoms with E-state index in [1.54, 1.807) is 0 Å². The predicted octanol–water partition coefficient (Wildman–Crippen LogP) is 1.22. The average molecular weight is 373 g/mol. The van der Waals surface area contributed by atoms with Gasteiger partial charge in [0, 0.05) is 38.8 Å². The molecule has 2 atom stereocenters. The highest BCUT2D eigenvalue weighted by molar-refractivity contribution is 5.92. The Morgan fingerprint density at radius 3 is 2.59 bits per heavy atom. The summed E-state index contributed by atoms with van der Waals surface area (Å²) in [5, 5.41) is 2.91. The van der Waals surface area contributed by atoms with Gasteiger partial charge in [-0.2, -0.15) is 0 Å². The average Bonchev–Trinajstić information content (AvgIpc) is 3.32. The number of hydrogen-bond donors (Lipinski definition) is 1. The Kier molecular flexibility index (Phi) is 4.95. The van der Waals surface area contributed by atoms with E-state index in [1.165, 1.54) is 5.56 Å². The maximum Gasteiger partial charge on any atom is 0.231 e. The standard InChI is InChI=1S/C20H27N3O4/c1-13(2)21-19(24)15-10-16(15)20(25)23-7-5-22(6-8-23)11-14-3-4-17-18(9-14)27-12-26-17/h3-4,9,13,15-16H,5-8,10-12H2,1-2H3,(H,21,24). The summed E-state index contributed by atoms with van der Waals surface area (Å²) in [5.74, 6) is 1.51. The molecule has 3 aliphatic rings. The van der Waals surface area contributed by atoms with Crippen LogP contribution < -0.4 is 14.8 Å². The minimum Gasteiger partial charge on any atom is -0.454 e. The fraction of sp³-hybridized carbons (Fsp3) is 0.600. The van der Waals surface area contributed by atoms with Crippen LogP contribution in [0.25, 0.3) is 0 Å². The Bertz CT molecular complexity index is 728. The van der Waals surface area contributed by atoms with Crippen molar-refractivity contribution in [3.8, 4) is 11.5 Å². The number of nitrogens with zero attached hydrogens (tertiary/aromatic N) is 2. The molecule has 0 radical (unpaired) electrons. The van der Waals surface area contributed by atoms with Crippen LogP contribution in [0.5, 0.6) is 11.5 Å². The van der Waals surface area contributed by atoms with Gasteiger partial charge in [-0.3, -0.25) is 14.5 Å². The van der Waals surface area contributed by atoms with Crippen molar-refractivity contribution < 1.29 is 19.1 Å². The lowest BCUT2D eigenvalue weighted by molar-refractivity contribution is -0.136. The molecular weight excluding hydrogens is 346 g/mol. The van der Waals surface area contributed by atoms with E-state index < -0.39 is 0 Å². The van der Waals surface area contributed by atoms with Gasteiger partial charge in [-0.1, -0.05) is 6.07 Å². The third-order valence-corrected chi connectivity index (χ3v) is 5.40. The second-order valence-corrected chi connectivity index (χ2v) is 7.90. The Morgan fingerprint density at radius 2 is 1.85 bits per heavy atom. The molecular formula is C20H27N3O4. The van der Waals surface area contributed by atoms with Crippen LogP contribution >= 0.6 is 0 Å². The van der Waals surface area contributed by atoms with Gasteiger partial charge in [0.1, 0.15) is 0 Å². The quantitative estimate of drug-likeness (QED) is 0.840. The summed E-state index contributed by atoms with van der Waals surface area (Å²) >= 11 is 0. The molecule has 4 rings (SSSR count). The van der Waals surface area contributed by atoms with Crippen LogP contribution in [0.1, 0.15) is 25.8 Å². The summed E-state index contributed by atoms with van der Waals surface area (Å²) in [6, 6.07) is 6.16. The molecule has 1 saturated heterocycles. The summed E-state index contributed by atoms with van der Waals surface area (Å²) in [5.41, 5.74) is 1.19. The van der Waals surface area contributed by atoms with Gasteiger partial charge in [0.2, 0.25) is 18.6 Å². The Balaban J connectivity index is 1.24. The molecule has 0 bridgehead atoms. The molecule has 2 fully saturated rings. The van der Waals surface area contributed by atoms with Gasteiger partial charge >= 0.3 is 0 Å². The molecule has 7 heteroatoms. The number of fused-ring (bicyclic) bond motifs is 1. The minimum absolute atomic E-state index is 0.0183. The maximum atomic E-state index is 12.7. The van der Waals surface area contributed by atoms with Crippen LogP contribution in [0.3, 0.4) is 0 Å². The van der Waals surface area contributed by atoms with E-state index in [2.05, 4.69) is 16.3 Å². The molecule has 146 valence electrons. The molecule has 0 aromatic heterocycles. The van der Waals surface area contributed by atoms with Crippen LogP contribution in [0, 0.1) is 11.8 Å². The first-order valence-electron chi connectivity index (χ1n) is 9.71. The van der Waals surface area contributed by atoms with Crippen molar-refractivity contribution in [1.82, 2.24) is 15.1 Å². The number of rotatable bonds is 5. The lowest BCUT2D eigenvalue weighted by atomic mass is 10.1. The lowest BCUT2D eigenvalue weighted by Gasteiger charge is -2.35. The van der Waals surface area contributed by atoms with Gasteiger partial charge in [-0.25, -0.2) is 0 Å². The largest absolute Gasteiger partial charge is 0.454 e. The summed E-state index contributed by atoms with van der Waals surface area (Å²) in [6.45, 7) is 8.13. The summed E-state index contributed by atoms with van der Waals surface area (Å²) in [4.78, 5) is 29.0. The zero-order chi connectivity index (χ0) is 19.0. The molecule has 2 unspecified atom stereocenters. The molecule has 1 aromatic rings. The van der Waals surface area contributed by atoms with Crippen molar-refractivity contribution in [3.05, 3.63) is 23.8 Å². The second-order valence-electron chi connectivity index (χ2n) is 7.90. The summed E-state index contributed by atoms with van der Waals surface area (Å²) in [6.07, 6.45) is 0.689. The number of nitrogens with one attached hydrogen (secondary N) is 1. The van der Waals surface area contributed by atoms with E-state index in [-0.39, 0.29) is 36.5 Å². The Morgan fingerprint density at radius 1 is 1.11 bits per heavy atom. The Hall–Kier alpha value is -2.28. The van der Waals surface area contributed by atoms with Gasteiger partial charge in [-0.15, -0.1) is 0 Å². The SMILES string of the molecule is CC(C)NC(=O)C1CC1C(=O)N1CCN(Cc2ccc3c(c2)OCO3)CC1. The number of piperazine rings is 1. The summed E-state index contributed by atoms with van der Waals surface area (Å²) < 4.78 is 10.8. The lowest BCUT2D eigenvalue weighted by Crippen LogP contribution is -2.49. The Labute approximate surface area is 159 Å². The smallest absolute Gasteiger partial charge is 0.231 e. The topological polar surface area (TPSA) is 71.1 Å². The molecule has 2 heterocycles. The van der Waals surface area contributed by atoms with E-state index in [0.717, 1.165) is 44.2 Å². The molecule has 1 aliphatic carbocycles. The van der Waals surface area contributed by atoms with Crippen molar-refractivity contribution in [1.29, 1.82) is 0 Å². The highest BCUT2D eigenvalue weighted by atomic mass is 16.7. The number of benzene rings is 1. The van der Waals surface area contributed by atoms with Crippen LogP contribution in [0.15, 0.2) is 18.2 Å². The molecule has 1 N–H and O–H groups in total. The first-order chi connectivity index (χ1) is 13.0. The van der Waals surface area contributed by atoms with Crippen molar-refractivity contribution in [2.24, 2.45) is 11.8 Å². The maximum absolute atomic E-state index is 12.7. The fourth-order valence-electron chi connectivity index (χ4n) is 3.81. The summed E-state index contributed by atoms with van der Waals surface area (Å²) in [7, 11) is 0. The zero-order valence-electron chi connectivity index (χ0n) is 15.9. The number of amides is 2. The van der Waals surface area contributed by atoms with Gasteiger partial charge in [0.25, 0.3) is 0 Å². The van der Waals surface area contributed by atoms with Gasteiger partial charge in [-0.05, 0) is 38.0 Å². The second kappa shape index (κ2) is 7.38. The molecule has 1 saturated carbocycles. The van der Waals surface area contributed by atoms with Crippen LogP contribution in [0.2, 0.25) is 0 Å². The molecule has 7 nitrogen and oxygen atoms in total. The number of ether oxygens (including phenoxy) is 2. The van der Waals surface area contributed by atoms with Gasteiger partial charge in [0.15, 0.2) is 11.5 Å². The predicted molar refractivity (Wildman–Crippen MR) is 99.3 cm³/mol. The molecule has 1 aromatic carbocycles. The highest BCUT2D eigenvalue weighted by Crippen LogP contribution is 2.40. The van der Waals surface area contributed by atoms with Crippen molar-refractivity contribution in [2.75, 3.05) is 33.0 Å².